The lowest BCUT2D eigenvalue weighted by molar-refractivity contribution is -0.131. The monoisotopic (exact) mass is 676 g/mol. The molecule has 1 unspecified atom stereocenters. The standard InChI is InChI=1S/C35H40N4O8S/c1-6-22-19-35(22,32(41)38-48(43,44)25-13-14-25)37-31(40)29-17-24(20-39(29)33(42)47-34(2,3)4)46-30-18-27(21-10-8-7-9-11-21)36-28-16-23(45-5)12-15-26(28)30/h6-12,15-16,18,22,24-25,29H,1,13-14,17,19-20H2,2-5H3,(H,37,40)(H,38,41)/t22-,24-,29?,35-/m1/s1. The predicted molar refractivity (Wildman–Crippen MR) is 179 cm³/mol. The predicted octanol–water partition coefficient (Wildman–Crippen LogP) is 4.34. The maximum absolute atomic E-state index is 14.0. The number of hydrogen-bond donors (Lipinski definition) is 2. The zero-order valence-electron chi connectivity index (χ0n) is 27.4. The van der Waals surface area contributed by atoms with Gasteiger partial charge in [0.05, 0.1) is 30.1 Å². The summed E-state index contributed by atoms with van der Waals surface area (Å²) in [5.41, 5.74) is -0.157. The molecule has 48 heavy (non-hydrogen) atoms. The number of methoxy groups -OCH3 is 1. The SMILES string of the molecule is C=C[C@@H]1C[C@]1(NC(=O)C1C[C@@H](Oc2cc(-c3ccccc3)nc3cc(OC)ccc23)CN1C(=O)OC(C)(C)C)C(=O)NS(=O)(=O)C1CC1. The number of amides is 3. The van der Waals surface area contributed by atoms with Gasteiger partial charge in [-0.2, -0.15) is 0 Å². The first kappa shape index (κ1) is 33.3. The number of carbonyl (C=O) groups excluding carboxylic acids is 3. The van der Waals surface area contributed by atoms with E-state index in [0.717, 1.165) is 5.56 Å². The molecule has 2 N–H and O–H groups in total. The molecule has 2 aromatic carbocycles. The third-order valence-electron chi connectivity index (χ3n) is 8.78. The topological polar surface area (TPSA) is 153 Å². The van der Waals surface area contributed by atoms with Crippen molar-refractivity contribution in [2.45, 2.75) is 75.0 Å². The highest BCUT2D eigenvalue weighted by molar-refractivity contribution is 7.91. The second kappa shape index (κ2) is 12.4. The Hall–Kier alpha value is -4.65. The zero-order chi connectivity index (χ0) is 34.4. The summed E-state index contributed by atoms with van der Waals surface area (Å²) in [6.07, 6.45) is 1.39. The van der Waals surface area contributed by atoms with Gasteiger partial charge in [0.2, 0.25) is 15.9 Å². The lowest BCUT2D eigenvalue weighted by Gasteiger charge is -2.29. The number of sulfonamides is 1. The fourth-order valence-corrected chi connectivity index (χ4v) is 7.37. The molecule has 0 bridgehead atoms. The molecule has 254 valence electrons. The number of fused-ring (bicyclic) bond motifs is 1. The Bertz CT molecular complexity index is 1870. The Kier molecular flexibility index (Phi) is 8.61. The summed E-state index contributed by atoms with van der Waals surface area (Å²) in [4.78, 5) is 46.9. The molecule has 4 atom stereocenters. The number of aromatic nitrogens is 1. The number of nitrogens with zero attached hydrogens (tertiary/aromatic N) is 2. The first-order valence-electron chi connectivity index (χ1n) is 15.9. The van der Waals surface area contributed by atoms with Crippen molar-refractivity contribution in [1.29, 1.82) is 0 Å². The smallest absolute Gasteiger partial charge is 0.411 e. The van der Waals surface area contributed by atoms with Crippen molar-refractivity contribution in [3.63, 3.8) is 0 Å². The minimum absolute atomic E-state index is 0.0216. The van der Waals surface area contributed by atoms with E-state index in [2.05, 4.69) is 16.6 Å². The van der Waals surface area contributed by atoms with Crippen LogP contribution in [-0.4, -0.2) is 78.4 Å². The van der Waals surface area contributed by atoms with Crippen LogP contribution in [0, 0.1) is 5.92 Å². The molecule has 0 spiro atoms. The summed E-state index contributed by atoms with van der Waals surface area (Å²) in [5.74, 6) is -0.776. The van der Waals surface area contributed by atoms with Gasteiger partial charge in [0.25, 0.3) is 5.91 Å². The second-order valence-corrected chi connectivity index (χ2v) is 15.5. The van der Waals surface area contributed by atoms with Crippen LogP contribution in [0.25, 0.3) is 22.2 Å². The van der Waals surface area contributed by atoms with Crippen LogP contribution in [0.5, 0.6) is 11.5 Å². The van der Waals surface area contributed by atoms with Crippen molar-refractivity contribution in [1.82, 2.24) is 19.9 Å². The quantitative estimate of drug-likeness (QED) is 0.299. The average molecular weight is 677 g/mol. The van der Waals surface area contributed by atoms with Crippen molar-refractivity contribution in [3.8, 4) is 22.8 Å². The lowest BCUT2D eigenvalue weighted by Crippen LogP contribution is -2.56. The maximum atomic E-state index is 14.0. The molecule has 3 aromatic rings. The number of ether oxygens (including phenoxy) is 3. The van der Waals surface area contributed by atoms with Gasteiger partial charge < -0.3 is 19.5 Å². The van der Waals surface area contributed by atoms with Crippen LogP contribution in [0.3, 0.4) is 0 Å². The molecule has 13 heteroatoms. The number of pyridine rings is 1. The van der Waals surface area contributed by atoms with Crippen molar-refractivity contribution in [3.05, 3.63) is 67.3 Å². The maximum Gasteiger partial charge on any atom is 0.411 e. The minimum Gasteiger partial charge on any atom is -0.497 e. The third-order valence-corrected chi connectivity index (χ3v) is 10.6. The van der Waals surface area contributed by atoms with E-state index in [1.165, 1.54) is 11.0 Å². The van der Waals surface area contributed by atoms with Crippen LogP contribution in [-0.2, 0) is 24.3 Å². The van der Waals surface area contributed by atoms with Crippen molar-refractivity contribution >= 4 is 38.8 Å². The Morgan fingerprint density at radius 3 is 2.44 bits per heavy atom. The van der Waals surface area contributed by atoms with Crippen LogP contribution in [0.15, 0.2) is 67.3 Å². The molecule has 3 fully saturated rings. The molecule has 1 aliphatic heterocycles. The van der Waals surface area contributed by atoms with Crippen LogP contribution in [0.2, 0.25) is 0 Å². The molecule has 0 radical (unpaired) electrons. The van der Waals surface area contributed by atoms with Gasteiger partial charge in [0.15, 0.2) is 0 Å². The van der Waals surface area contributed by atoms with E-state index in [-0.39, 0.29) is 19.4 Å². The third kappa shape index (κ3) is 6.82. The molecule has 3 amide bonds. The van der Waals surface area contributed by atoms with E-state index in [0.29, 0.717) is 40.9 Å². The Morgan fingerprint density at radius 2 is 1.81 bits per heavy atom. The molecule has 2 aliphatic carbocycles. The highest BCUT2D eigenvalue weighted by atomic mass is 32.2. The molecule has 1 saturated heterocycles. The van der Waals surface area contributed by atoms with Gasteiger partial charge in [0, 0.05) is 35.4 Å². The van der Waals surface area contributed by atoms with Crippen LogP contribution in [0.1, 0.15) is 46.5 Å². The molecule has 2 saturated carbocycles. The number of likely N-dealkylation sites (tertiary alicyclic amines) is 1. The number of benzene rings is 2. The average Bonchev–Trinajstić information content (AvgIpc) is 3.97. The summed E-state index contributed by atoms with van der Waals surface area (Å²) in [5, 5.41) is 2.88. The second-order valence-electron chi connectivity index (χ2n) is 13.6. The minimum atomic E-state index is -3.85. The van der Waals surface area contributed by atoms with Gasteiger partial charge in [0.1, 0.15) is 34.8 Å². The van der Waals surface area contributed by atoms with Crippen LogP contribution >= 0.6 is 0 Å². The number of hydrogen-bond acceptors (Lipinski definition) is 9. The zero-order valence-corrected chi connectivity index (χ0v) is 28.2. The van der Waals surface area contributed by atoms with Gasteiger partial charge in [-0.15, -0.1) is 6.58 Å². The van der Waals surface area contributed by atoms with E-state index >= 15 is 0 Å². The van der Waals surface area contributed by atoms with Crippen molar-refractivity contribution in [2.75, 3.05) is 13.7 Å². The van der Waals surface area contributed by atoms with Crippen LogP contribution < -0.4 is 19.5 Å². The first-order valence-corrected chi connectivity index (χ1v) is 17.5. The highest BCUT2D eigenvalue weighted by Gasteiger charge is 2.62. The van der Waals surface area contributed by atoms with Gasteiger partial charge in [-0.3, -0.25) is 19.2 Å². The summed E-state index contributed by atoms with van der Waals surface area (Å²) >= 11 is 0. The summed E-state index contributed by atoms with van der Waals surface area (Å²) in [6.45, 7) is 8.96. The number of rotatable bonds is 10. The summed E-state index contributed by atoms with van der Waals surface area (Å²) < 4.78 is 45.0. The molecule has 1 aromatic heterocycles. The summed E-state index contributed by atoms with van der Waals surface area (Å²) in [6, 6.07) is 15.8. The molecule has 3 aliphatic rings. The van der Waals surface area contributed by atoms with E-state index in [4.69, 9.17) is 19.2 Å². The number of nitrogens with one attached hydrogen (secondary N) is 2. The van der Waals surface area contributed by atoms with Gasteiger partial charge >= 0.3 is 6.09 Å². The Morgan fingerprint density at radius 1 is 1.08 bits per heavy atom. The largest absolute Gasteiger partial charge is 0.497 e. The Balaban J connectivity index is 1.29. The van der Waals surface area contributed by atoms with E-state index in [9.17, 15) is 22.8 Å². The number of carbonyl (C=O) groups is 3. The van der Waals surface area contributed by atoms with Gasteiger partial charge in [-0.1, -0.05) is 36.4 Å². The highest BCUT2D eigenvalue weighted by Crippen LogP contribution is 2.45. The van der Waals surface area contributed by atoms with Crippen LogP contribution in [0.4, 0.5) is 4.79 Å². The lowest BCUT2D eigenvalue weighted by atomic mass is 10.1. The normalized spacial score (nSPS) is 23.7. The van der Waals surface area contributed by atoms with Gasteiger partial charge in [-0.25, -0.2) is 18.2 Å². The fraction of sp³-hybridized carbons (Fsp3) is 0.429. The molecule has 6 rings (SSSR count). The molecular weight excluding hydrogens is 636 g/mol. The van der Waals surface area contributed by atoms with Crippen molar-refractivity contribution < 1.29 is 37.0 Å². The fourth-order valence-electron chi connectivity index (χ4n) is 6.01. The van der Waals surface area contributed by atoms with Crippen molar-refractivity contribution in [2.24, 2.45) is 5.92 Å². The first-order chi connectivity index (χ1) is 22.7. The van der Waals surface area contributed by atoms with Gasteiger partial charge in [-0.05, 0) is 52.2 Å². The molecule has 12 nitrogen and oxygen atoms in total. The van der Waals surface area contributed by atoms with E-state index in [1.807, 2.05) is 48.5 Å². The van der Waals surface area contributed by atoms with E-state index in [1.54, 1.807) is 33.9 Å². The van der Waals surface area contributed by atoms with E-state index < -0.39 is 62.4 Å². The Labute approximate surface area is 279 Å². The summed E-state index contributed by atoms with van der Waals surface area (Å²) in [7, 11) is -2.28. The molecular formula is C35H40N4O8S. The molecule has 2 heterocycles.